The van der Waals surface area contributed by atoms with E-state index >= 15 is 0 Å². The van der Waals surface area contributed by atoms with Gasteiger partial charge in [-0.05, 0) is 47.5 Å². The molecule has 1 aliphatic heterocycles. The number of benzene rings is 2. The summed E-state index contributed by atoms with van der Waals surface area (Å²) in [7, 11) is 4.63. The molecule has 0 aliphatic carbocycles. The summed E-state index contributed by atoms with van der Waals surface area (Å²) < 4.78 is 22.3. The Balaban J connectivity index is 1.42. The molecule has 1 aliphatic rings. The zero-order chi connectivity index (χ0) is 23.4. The van der Waals surface area contributed by atoms with E-state index < -0.39 is 0 Å². The highest BCUT2D eigenvalue weighted by molar-refractivity contribution is 6.31. The largest absolute Gasteiger partial charge is 0.493 e. The fraction of sp³-hybridized carbons (Fsp3) is 0.280. The zero-order valence-electron chi connectivity index (χ0n) is 18.7. The summed E-state index contributed by atoms with van der Waals surface area (Å²) in [6, 6.07) is 11.2. The topological polar surface area (TPSA) is 78.9 Å². The number of hydrogen-bond donors (Lipinski definition) is 1. The summed E-state index contributed by atoms with van der Waals surface area (Å²) >= 11 is 6.34. The van der Waals surface area contributed by atoms with Gasteiger partial charge >= 0.3 is 0 Å². The van der Waals surface area contributed by atoms with E-state index in [9.17, 15) is 4.79 Å². The number of amides is 1. The quantitative estimate of drug-likeness (QED) is 0.536. The highest BCUT2D eigenvalue weighted by atomic mass is 35.5. The van der Waals surface area contributed by atoms with Crippen molar-refractivity contribution in [2.45, 2.75) is 18.9 Å². The Labute approximate surface area is 197 Å². The molecule has 0 radical (unpaired) electrons. The van der Waals surface area contributed by atoms with E-state index in [1.807, 2.05) is 24.3 Å². The molecule has 7 nitrogen and oxygen atoms in total. The van der Waals surface area contributed by atoms with Crippen LogP contribution in [0, 0.1) is 0 Å². The lowest BCUT2D eigenvalue weighted by atomic mass is 10.0. The van der Waals surface area contributed by atoms with Crippen molar-refractivity contribution in [2.75, 3.05) is 27.9 Å². The van der Waals surface area contributed by atoms with E-state index in [1.54, 1.807) is 45.9 Å². The molecule has 0 bridgehead atoms. The van der Waals surface area contributed by atoms with Gasteiger partial charge in [0.2, 0.25) is 11.7 Å². The van der Waals surface area contributed by atoms with E-state index in [4.69, 9.17) is 30.5 Å². The molecule has 4 rings (SSSR count). The van der Waals surface area contributed by atoms with Crippen molar-refractivity contribution in [3.63, 3.8) is 0 Å². The lowest BCUT2D eigenvalue weighted by Gasteiger charge is -2.15. The molecule has 2 heterocycles. The number of aromatic nitrogens is 1. The number of nitrogens with zero attached hydrogens (tertiary/aromatic N) is 1. The number of nitrogens with one attached hydrogen (secondary N) is 1. The van der Waals surface area contributed by atoms with Crippen molar-refractivity contribution in [3.05, 3.63) is 64.9 Å². The second-order valence-corrected chi connectivity index (χ2v) is 8.07. The van der Waals surface area contributed by atoms with Crippen LogP contribution < -0.4 is 24.3 Å². The van der Waals surface area contributed by atoms with Crippen LogP contribution in [0.4, 0.5) is 0 Å². The smallest absolute Gasteiger partial charge is 0.224 e. The first-order chi connectivity index (χ1) is 16.0. The number of methoxy groups -OCH3 is 3. The van der Waals surface area contributed by atoms with Gasteiger partial charge in [-0.15, -0.1) is 0 Å². The van der Waals surface area contributed by atoms with Crippen molar-refractivity contribution < 1.29 is 23.7 Å². The SMILES string of the molecule is COc1cc(CC(=O)NC[C@H]2Cc3cc(Cl)cc(-c4ccncc4)c3O2)cc(OC)c1OC. The lowest BCUT2D eigenvalue weighted by Crippen LogP contribution is -2.35. The molecule has 0 fully saturated rings. The van der Waals surface area contributed by atoms with E-state index in [0.717, 1.165) is 28.0 Å². The van der Waals surface area contributed by atoms with Crippen LogP contribution in [0.5, 0.6) is 23.0 Å². The Morgan fingerprint density at radius 1 is 1.09 bits per heavy atom. The van der Waals surface area contributed by atoms with Gasteiger partial charge in [0.25, 0.3) is 0 Å². The summed E-state index contributed by atoms with van der Waals surface area (Å²) in [6.45, 7) is 0.380. The summed E-state index contributed by atoms with van der Waals surface area (Å²) in [5.74, 6) is 2.18. The molecule has 2 aromatic carbocycles. The third kappa shape index (κ3) is 4.98. The Morgan fingerprint density at radius 3 is 2.42 bits per heavy atom. The lowest BCUT2D eigenvalue weighted by molar-refractivity contribution is -0.120. The second kappa shape index (κ2) is 10.0. The van der Waals surface area contributed by atoms with Gasteiger partial charge in [0.15, 0.2) is 11.5 Å². The van der Waals surface area contributed by atoms with Crippen LogP contribution in [0.1, 0.15) is 11.1 Å². The van der Waals surface area contributed by atoms with Crippen molar-refractivity contribution >= 4 is 17.5 Å². The van der Waals surface area contributed by atoms with Crippen molar-refractivity contribution in [1.82, 2.24) is 10.3 Å². The first-order valence-electron chi connectivity index (χ1n) is 10.5. The molecule has 172 valence electrons. The first kappa shape index (κ1) is 22.7. The molecule has 3 aromatic rings. The average molecular weight is 469 g/mol. The number of fused-ring (bicyclic) bond motifs is 1. The summed E-state index contributed by atoms with van der Waals surface area (Å²) in [4.78, 5) is 16.7. The van der Waals surface area contributed by atoms with Crippen LogP contribution >= 0.6 is 11.6 Å². The number of pyridine rings is 1. The van der Waals surface area contributed by atoms with Gasteiger partial charge in [0.1, 0.15) is 11.9 Å². The molecule has 1 aromatic heterocycles. The third-order valence-electron chi connectivity index (χ3n) is 5.47. The van der Waals surface area contributed by atoms with Crippen molar-refractivity contribution in [3.8, 4) is 34.1 Å². The van der Waals surface area contributed by atoms with Crippen LogP contribution in [0.25, 0.3) is 11.1 Å². The standard InChI is InChI=1S/C25H25ClN2O5/c1-30-21-8-15(9-22(31-2)25(21)32-3)10-23(29)28-14-19-12-17-11-18(26)13-20(24(17)33-19)16-4-6-27-7-5-16/h4-9,11,13,19H,10,12,14H2,1-3H3,(H,28,29)/t19-/m1/s1. The number of rotatable bonds is 8. The molecule has 33 heavy (non-hydrogen) atoms. The molecular formula is C25H25ClN2O5. The Kier molecular flexibility index (Phi) is 6.89. The van der Waals surface area contributed by atoms with Crippen LogP contribution in [-0.2, 0) is 17.6 Å². The van der Waals surface area contributed by atoms with Gasteiger partial charge in [-0.1, -0.05) is 11.6 Å². The molecule has 1 N–H and O–H groups in total. The predicted octanol–water partition coefficient (Wildman–Crippen LogP) is 4.09. The van der Waals surface area contributed by atoms with Gasteiger partial charge in [0.05, 0.1) is 34.3 Å². The Bertz CT molecular complexity index is 1130. The van der Waals surface area contributed by atoms with E-state index in [-0.39, 0.29) is 18.4 Å². The minimum absolute atomic E-state index is 0.129. The fourth-order valence-corrected chi connectivity index (χ4v) is 4.21. The highest BCUT2D eigenvalue weighted by Crippen LogP contribution is 2.41. The minimum Gasteiger partial charge on any atom is -0.493 e. The monoisotopic (exact) mass is 468 g/mol. The maximum Gasteiger partial charge on any atom is 0.224 e. The van der Waals surface area contributed by atoms with Gasteiger partial charge in [-0.3, -0.25) is 9.78 Å². The normalized spacial score (nSPS) is 14.2. The average Bonchev–Trinajstić information content (AvgIpc) is 3.24. The summed E-state index contributed by atoms with van der Waals surface area (Å²) in [6.07, 6.45) is 4.13. The maximum absolute atomic E-state index is 12.6. The van der Waals surface area contributed by atoms with E-state index in [1.165, 1.54) is 0 Å². The van der Waals surface area contributed by atoms with Crippen LogP contribution in [0.2, 0.25) is 5.02 Å². The number of ether oxygens (including phenoxy) is 4. The third-order valence-corrected chi connectivity index (χ3v) is 5.69. The van der Waals surface area contributed by atoms with E-state index in [0.29, 0.717) is 35.2 Å². The number of carbonyl (C=O) groups excluding carboxylic acids is 1. The molecule has 1 amide bonds. The van der Waals surface area contributed by atoms with Gasteiger partial charge in [-0.25, -0.2) is 0 Å². The molecule has 0 saturated heterocycles. The summed E-state index contributed by atoms with van der Waals surface area (Å²) in [5.41, 5.74) is 3.68. The Hall–Kier alpha value is -3.45. The van der Waals surface area contributed by atoms with Gasteiger partial charge in [-0.2, -0.15) is 0 Å². The van der Waals surface area contributed by atoms with Gasteiger partial charge < -0.3 is 24.3 Å². The fourth-order valence-electron chi connectivity index (χ4n) is 3.97. The molecular weight excluding hydrogens is 444 g/mol. The van der Waals surface area contributed by atoms with Crippen LogP contribution in [-0.4, -0.2) is 44.9 Å². The highest BCUT2D eigenvalue weighted by Gasteiger charge is 2.27. The summed E-state index contributed by atoms with van der Waals surface area (Å²) in [5, 5.41) is 3.61. The molecule has 8 heteroatoms. The van der Waals surface area contributed by atoms with Gasteiger partial charge in [0, 0.05) is 35.0 Å². The Morgan fingerprint density at radius 2 is 1.79 bits per heavy atom. The maximum atomic E-state index is 12.6. The van der Waals surface area contributed by atoms with E-state index in [2.05, 4.69) is 10.3 Å². The first-order valence-corrected chi connectivity index (χ1v) is 10.8. The minimum atomic E-state index is -0.178. The number of halogens is 1. The van der Waals surface area contributed by atoms with Crippen LogP contribution in [0.3, 0.4) is 0 Å². The zero-order valence-corrected chi connectivity index (χ0v) is 19.4. The van der Waals surface area contributed by atoms with Crippen LogP contribution in [0.15, 0.2) is 48.8 Å². The number of carbonyl (C=O) groups is 1. The molecule has 0 spiro atoms. The second-order valence-electron chi connectivity index (χ2n) is 7.64. The molecule has 0 unspecified atom stereocenters. The number of hydrogen-bond acceptors (Lipinski definition) is 6. The predicted molar refractivity (Wildman–Crippen MR) is 126 cm³/mol. The molecule has 1 atom stereocenters. The van der Waals surface area contributed by atoms with Crippen molar-refractivity contribution in [1.29, 1.82) is 0 Å². The van der Waals surface area contributed by atoms with Crippen molar-refractivity contribution in [2.24, 2.45) is 0 Å². The molecule has 0 saturated carbocycles.